The minimum absolute atomic E-state index is 0.0656. The van der Waals surface area contributed by atoms with E-state index in [0.717, 1.165) is 11.3 Å². The van der Waals surface area contributed by atoms with Crippen LogP contribution in [0.2, 0.25) is 0 Å². The Bertz CT molecular complexity index is 464. The minimum atomic E-state index is -0.647. The predicted molar refractivity (Wildman–Crippen MR) is 89.9 cm³/mol. The first-order valence-corrected chi connectivity index (χ1v) is 8.28. The van der Waals surface area contributed by atoms with E-state index in [0.29, 0.717) is 12.3 Å². The van der Waals surface area contributed by atoms with Gasteiger partial charge in [0.15, 0.2) is 0 Å². The van der Waals surface area contributed by atoms with Crippen molar-refractivity contribution in [1.29, 1.82) is 0 Å². The van der Waals surface area contributed by atoms with Crippen LogP contribution >= 0.6 is 0 Å². The number of amides is 1. The lowest BCUT2D eigenvalue weighted by atomic mass is 9.87. The summed E-state index contributed by atoms with van der Waals surface area (Å²) < 4.78 is 0. The molecule has 1 unspecified atom stereocenters. The van der Waals surface area contributed by atoms with Crippen molar-refractivity contribution in [1.82, 2.24) is 5.32 Å². The largest absolute Gasteiger partial charge is 0.387 e. The van der Waals surface area contributed by atoms with Crippen LogP contribution in [-0.2, 0) is 4.79 Å². The van der Waals surface area contributed by atoms with Gasteiger partial charge in [0.1, 0.15) is 0 Å². The fourth-order valence-corrected chi connectivity index (χ4v) is 3.05. The number of hydrogen-bond donors (Lipinski definition) is 2. The third-order valence-corrected chi connectivity index (χ3v) is 4.49. The molecule has 0 heterocycles. The van der Waals surface area contributed by atoms with Gasteiger partial charge >= 0.3 is 0 Å². The molecule has 0 aromatic heterocycles. The number of carbonyl (C=O) groups excluding carboxylic acids is 1. The molecule has 0 spiro atoms. The van der Waals surface area contributed by atoms with Crippen molar-refractivity contribution in [2.75, 3.05) is 25.5 Å². The van der Waals surface area contributed by atoms with Gasteiger partial charge in [-0.15, -0.1) is 0 Å². The van der Waals surface area contributed by atoms with Crippen LogP contribution in [0, 0.1) is 5.92 Å². The summed E-state index contributed by atoms with van der Waals surface area (Å²) in [6, 6.07) is 7.77. The lowest BCUT2D eigenvalue weighted by molar-refractivity contribution is -0.122. The van der Waals surface area contributed by atoms with E-state index in [-0.39, 0.29) is 12.5 Å². The molecule has 0 saturated heterocycles. The van der Waals surface area contributed by atoms with Crippen LogP contribution in [0.25, 0.3) is 0 Å². The molecule has 1 aromatic rings. The van der Waals surface area contributed by atoms with Crippen molar-refractivity contribution in [2.45, 2.75) is 44.6 Å². The van der Waals surface area contributed by atoms with Gasteiger partial charge in [0.2, 0.25) is 5.91 Å². The lowest BCUT2D eigenvalue weighted by Gasteiger charge is -2.21. The second kappa shape index (κ2) is 8.18. The Hall–Kier alpha value is -1.55. The summed E-state index contributed by atoms with van der Waals surface area (Å²) in [5, 5.41) is 13.0. The van der Waals surface area contributed by atoms with Gasteiger partial charge in [0, 0.05) is 32.7 Å². The smallest absolute Gasteiger partial charge is 0.220 e. The van der Waals surface area contributed by atoms with E-state index in [9.17, 15) is 9.90 Å². The number of rotatable bonds is 6. The van der Waals surface area contributed by atoms with Gasteiger partial charge in [-0.25, -0.2) is 0 Å². The van der Waals surface area contributed by atoms with Gasteiger partial charge in [-0.3, -0.25) is 4.79 Å². The van der Waals surface area contributed by atoms with Crippen LogP contribution in [0.15, 0.2) is 24.3 Å². The van der Waals surface area contributed by atoms with Crippen molar-refractivity contribution in [3.05, 3.63) is 29.8 Å². The highest BCUT2D eigenvalue weighted by molar-refractivity contribution is 5.76. The number of nitrogens with zero attached hydrogens (tertiary/aromatic N) is 1. The molecule has 1 aromatic carbocycles. The number of aliphatic hydroxyl groups is 1. The Kier molecular flexibility index (Phi) is 6.25. The standard InChI is InChI=1S/C18H28N2O2/c1-20(2)16-10-8-15(9-11-16)17(21)13-19-18(22)12-14-6-4-3-5-7-14/h8-11,14,17,21H,3-7,12-13H2,1-2H3,(H,19,22). The number of benzene rings is 1. The van der Waals surface area contributed by atoms with Gasteiger partial charge in [-0.05, 0) is 36.5 Å². The summed E-state index contributed by atoms with van der Waals surface area (Å²) in [5.41, 5.74) is 1.93. The monoisotopic (exact) mass is 304 g/mol. The molecule has 4 heteroatoms. The molecule has 2 rings (SSSR count). The highest BCUT2D eigenvalue weighted by Gasteiger charge is 2.17. The second-order valence-electron chi connectivity index (χ2n) is 6.51. The second-order valence-corrected chi connectivity index (χ2v) is 6.51. The average molecular weight is 304 g/mol. The fourth-order valence-electron chi connectivity index (χ4n) is 3.05. The first-order chi connectivity index (χ1) is 10.6. The summed E-state index contributed by atoms with van der Waals surface area (Å²) >= 11 is 0. The maximum absolute atomic E-state index is 12.0. The SMILES string of the molecule is CN(C)c1ccc(C(O)CNC(=O)CC2CCCCC2)cc1. The van der Waals surface area contributed by atoms with E-state index in [1.165, 1.54) is 32.1 Å². The highest BCUT2D eigenvalue weighted by atomic mass is 16.3. The Labute approximate surface area is 133 Å². The van der Waals surface area contributed by atoms with Crippen molar-refractivity contribution >= 4 is 11.6 Å². The molecule has 1 amide bonds. The normalized spacial score (nSPS) is 17.0. The molecule has 22 heavy (non-hydrogen) atoms. The molecule has 4 nitrogen and oxygen atoms in total. The summed E-state index contributed by atoms with van der Waals surface area (Å²) in [5.74, 6) is 0.598. The highest BCUT2D eigenvalue weighted by Crippen LogP contribution is 2.26. The molecular formula is C18H28N2O2. The van der Waals surface area contributed by atoms with E-state index in [2.05, 4.69) is 5.32 Å². The lowest BCUT2D eigenvalue weighted by Crippen LogP contribution is -2.30. The number of carbonyl (C=O) groups is 1. The van der Waals surface area contributed by atoms with Crippen LogP contribution in [-0.4, -0.2) is 31.7 Å². The van der Waals surface area contributed by atoms with Crippen LogP contribution in [0.3, 0.4) is 0 Å². The Morgan fingerprint density at radius 2 is 1.86 bits per heavy atom. The van der Waals surface area contributed by atoms with Gasteiger partial charge < -0.3 is 15.3 Å². The molecule has 0 bridgehead atoms. The molecule has 0 aliphatic heterocycles. The molecule has 1 fully saturated rings. The Morgan fingerprint density at radius 1 is 1.23 bits per heavy atom. The molecular weight excluding hydrogens is 276 g/mol. The van der Waals surface area contributed by atoms with Crippen molar-refractivity contribution in [3.8, 4) is 0 Å². The zero-order valence-electron chi connectivity index (χ0n) is 13.7. The van der Waals surface area contributed by atoms with E-state index >= 15 is 0 Å². The molecule has 0 radical (unpaired) electrons. The first kappa shape index (κ1) is 16.8. The third kappa shape index (κ3) is 5.02. The number of anilines is 1. The summed E-state index contributed by atoms with van der Waals surface area (Å²) in [6.45, 7) is 0.285. The number of hydrogen-bond acceptors (Lipinski definition) is 3. The number of nitrogens with one attached hydrogen (secondary N) is 1. The maximum atomic E-state index is 12.0. The van der Waals surface area contributed by atoms with E-state index < -0.39 is 6.10 Å². The molecule has 1 aliphatic carbocycles. The minimum Gasteiger partial charge on any atom is -0.387 e. The molecule has 122 valence electrons. The summed E-state index contributed by atoms with van der Waals surface area (Å²) in [6.07, 6.45) is 6.10. The first-order valence-electron chi connectivity index (χ1n) is 8.28. The average Bonchev–Trinajstić information content (AvgIpc) is 2.53. The maximum Gasteiger partial charge on any atom is 0.220 e. The summed E-state index contributed by atoms with van der Waals surface area (Å²) in [7, 11) is 3.97. The fraction of sp³-hybridized carbons (Fsp3) is 0.611. The van der Waals surface area contributed by atoms with Crippen LogP contribution < -0.4 is 10.2 Å². The predicted octanol–water partition coefficient (Wildman–Crippen LogP) is 2.87. The molecule has 1 atom stereocenters. The van der Waals surface area contributed by atoms with Crippen molar-refractivity contribution in [2.24, 2.45) is 5.92 Å². The summed E-state index contributed by atoms with van der Waals surface area (Å²) in [4.78, 5) is 14.0. The molecule has 1 saturated carbocycles. The topological polar surface area (TPSA) is 52.6 Å². The van der Waals surface area contributed by atoms with Crippen LogP contribution in [0.1, 0.15) is 50.2 Å². The Morgan fingerprint density at radius 3 is 2.45 bits per heavy atom. The molecule has 1 aliphatic rings. The van der Waals surface area contributed by atoms with E-state index in [1.54, 1.807) is 0 Å². The number of aliphatic hydroxyl groups excluding tert-OH is 1. The zero-order chi connectivity index (χ0) is 15.9. The van der Waals surface area contributed by atoms with E-state index in [1.807, 2.05) is 43.3 Å². The quantitative estimate of drug-likeness (QED) is 0.849. The van der Waals surface area contributed by atoms with Crippen molar-refractivity contribution < 1.29 is 9.90 Å². The third-order valence-electron chi connectivity index (χ3n) is 4.49. The van der Waals surface area contributed by atoms with Crippen molar-refractivity contribution in [3.63, 3.8) is 0 Å². The van der Waals surface area contributed by atoms with Gasteiger partial charge in [-0.1, -0.05) is 31.4 Å². The van der Waals surface area contributed by atoms with Gasteiger partial charge in [-0.2, -0.15) is 0 Å². The Balaban J connectivity index is 1.76. The van der Waals surface area contributed by atoms with Crippen LogP contribution in [0.5, 0.6) is 0 Å². The zero-order valence-corrected chi connectivity index (χ0v) is 13.7. The van der Waals surface area contributed by atoms with E-state index in [4.69, 9.17) is 0 Å². The van der Waals surface area contributed by atoms with Gasteiger partial charge in [0.25, 0.3) is 0 Å². The van der Waals surface area contributed by atoms with Gasteiger partial charge in [0.05, 0.1) is 6.10 Å². The van der Waals surface area contributed by atoms with Crippen LogP contribution in [0.4, 0.5) is 5.69 Å². The molecule has 2 N–H and O–H groups in total.